The lowest BCUT2D eigenvalue weighted by atomic mass is 10.1. The van der Waals surface area contributed by atoms with E-state index in [-0.39, 0.29) is 11.8 Å². The first-order chi connectivity index (χ1) is 7.83. The monoisotopic (exact) mass is 264 g/mol. The van der Waals surface area contributed by atoms with Gasteiger partial charge in [0.25, 0.3) is 0 Å². The summed E-state index contributed by atoms with van der Waals surface area (Å²) in [6, 6.07) is 0.00505. The molecule has 1 aliphatic heterocycles. The average molecular weight is 264 g/mol. The Kier molecular flexibility index (Phi) is 4.91. The maximum absolute atomic E-state index is 11.8. The number of carbonyl (C=O) groups excluding carboxylic acids is 1. The van der Waals surface area contributed by atoms with Gasteiger partial charge in [0, 0.05) is 38.3 Å². The molecular weight excluding hydrogens is 244 g/mol. The van der Waals surface area contributed by atoms with Crippen LogP contribution in [0.5, 0.6) is 0 Å². The van der Waals surface area contributed by atoms with Crippen molar-refractivity contribution in [1.29, 1.82) is 0 Å². The lowest BCUT2D eigenvalue weighted by Gasteiger charge is -2.32. The fourth-order valence-corrected chi connectivity index (χ4v) is 3.42. The number of piperidine rings is 1. The Morgan fingerprint density at radius 2 is 1.94 bits per heavy atom. The van der Waals surface area contributed by atoms with Crippen molar-refractivity contribution in [3.8, 4) is 0 Å². The van der Waals surface area contributed by atoms with Crippen LogP contribution in [0, 0.1) is 0 Å². The van der Waals surface area contributed by atoms with Gasteiger partial charge in [-0.25, -0.2) is 12.7 Å². The molecule has 0 saturated carbocycles. The van der Waals surface area contributed by atoms with Gasteiger partial charge in [0.1, 0.15) is 0 Å². The summed E-state index contributed by atoms with van der Waals surface area (Å²) in [4.78, 5) is 11.7. The van der Waals surface area contributed by atoms with E-state index < -0.39 is 22.4 Å². The molecule has 0 aromatic carbocycles. The minimum Gasteiger partial charge on any atom is -0.550 e. The number of carbonyl (C=O) groups is 1. The molecule has 0 aromatic rings. The summed E-state index contributed by atoms with van der Waals surface area (Å²) in [5.74, 6) is -1.69. The molecule has 1 fully saturated rings. The number of nitrogens with zero attached hydrogens (tertiary/aromatic N) is 1. The fourth-order valence-electron chi connectivity index (χ4n) is 2.04. The summed E-state index contributed by atoms with van der Waals surface area (Å²) in [5, 5.41) is 10.3. The van der Waals surface area contributed by atoms with Crippen LogP contribution in [0.3, 0.4) is 0 Å². The minimum absolute atomic E-state index is 0.00505. The highest BCUT2D eigenvalue weighted by atomic mass is 32.2. The molecule has 1 aliphatic rings. The van der Waals surface area contributed by atoms with Crippen LogP contribution in [0.2, 0.25) is 0 Å². The molecule has 7 heteroatoms. The van der Waals surface area contributed by atoms with Crippen molar-refractivity contribution in [3.05, 3.63) is 0 Å². The number of rotatable bonds is 5. The van der Waals surface area contributed by atoms with Gasteiger partial charge in [0.05, 0.1) is 25.9 Å². The van der Waals surface area contributed by atoms with Gasteiger partial charge < -0.3 is 14.8 Å². The minimum atomic E-state index is -3.47. The molecule has 0 amide bonds. The summed E-state index contributed by atoms with van der Waals surface area (Å²) in [5.41, 5.74) is 0. The first-order valence-electron chi connectivity index (χ1n) is 5.80. The van der Waals surface area contributed by atoms with Crippen molar-refractivity contribution in [2.24, 2.45) is 0 Å². The van der Waals surface area contributed by atoms with Crippen LogP contribution < -0.4 is 10.0 Å². The third-order valence-electron chi connectivity index (χ3n) is 3.33. The van der Waals surface area contributed by atoms with E-state index in [1.807, 2.05) is 0 Å². The summed E-state index contributed by atoms with van der Waals surface area (Å²) >= 11 is 0. The highest BCUT2D eigenvalue weighted by Crippen LogP contribution is 2.13. The fraction of sp³-hybridized carbons (Fsp3) is 0.900. The third kappa shape index (κ3) is 4.25. The number of aliphatic carboxylic acids is 1. The van der Waals surface area contributed by atoms with E-state index in [1.54, 1.807) is 0 Å². The largest absolute Gasteiger partial charge is 0.550 e. The summed E-state index contributed by atoms with van der Waals surface area (Å²) in [7, 11) is 0.153. The molecule has 6 nitrogen and oxygen atoms in total. The second kappa shape index (κ2) is 5.79. The zero-order valence-corrected chi connectivity index (χ0v) is 11.1. The van der Waals surface area contributed by atoms with E-state index >= 15 is 0 Å². The predicted molar refractivity (Wildman–Crippen MR) is 60.8 cm³/mol. The third-order valence-corrected chi connectivity index (χ3v) is 5.22. The number of carboxylic acids is 1. The van der Waals surface area contributed by atoms with Crippen molar-refractivity contribution in [1.82, 2.24) is 4.31 Å². The molecular formula is C10H20N2O4S. The van der Waals surface area contributed by atoms with Crippen LogP contribution >= 0.6 is 0 Å². The van der Waals surface area contributed by atoms with Crippen LogP contribution in [-0.4, -0.2) is 57.7 Å². The number of carboxylic acid groups (broad SMARTS) is 1. The van der Waals surface area contributed by atoms with E-state index in [4.69, 9.17) is 0 Å². The van der Waals surface area contributed by atoms with Gasteiger partial charge in [0.2, 0.25) is 10.0 Å². The molecule has 1 heterocycles. The lowest BCUT2D eigenvalue weighted by Crippen LogP contribution is -3.10. The van der Waals surface area contributed by atoms with Crippen LogP contribution in [0.1, 0.15) is 19.3 Å². The number of sulfonamides is 1. The molecule has 17 heavy (non-hydrogen) atoms. The predicted octanol–water partition coefficient (Wildman–Crippen LogP) is -2.93. The second-order valence-corrected chi connectivity index (χ2v) is 6.79. The number of nitrogens with one attached hydrogen (secondary N) is 1. The van der Waals surface area contributed by atoms with Crippen molar-refractivity contribution in [2.45, 2.75) is 25.3 Å². The average Bonchev–Trinajstić information content (AvgIpc) is 2.27. The highest BCUT2D eigenvalue weighted by molar-refractivity contribution is 7.89. The van der Waals surface area contributed by atoms with E-state index in [9.17, 15) is 18.3 Å². The zero-order valence-electron chi connectivity index (χ0n) is 10.3. The van der Waals surface area contributed by atoms with Crippen molar-refractivity contribution < 1.29 is 23.2 Å². The summed E-state index contributed by atoms with van der Waals surface area (Å²) in [6.07, 6.45) is 1.21. The molecule has 0 atom stereocenters. The molecule has 1 saturated heterocycles. The molecule has 0 unspecified atom stereocenters. The Bertz CT molecular complexity index is 361. The SMILES string of the molecule is CN(C1CC[NH+](C)CC1)S(=O)(=O)CCC(=O)[O-]. The Hall–Kier alpha value is -0.660. The van der Waals surface area contributed by atoms with Gasteiger partial charge in [-0.05, 0) is 0 Å². The topological polar surface area (TPSA) is 82.0 Å². The quantitative estimate of drug-likeness (QED) is 0.576. The number of likely N-dealkylation sites (tertiary alicyclic amines) is 1. The molecule has 0 bridgehead atoms. The second-order valence-electron chi connectivity index (χ2n) is 4.64. The van der Waals surface area contributed by atoms with Crippen LogP contribution in [0.15, 0.2) is 0 Å². The Balaban J connectivity index is 2.56. The van der Waals surface area contributed by atoms with Gasteiger partial charge in [-0.15, -0.1) is 0 Å². The number of hydrogen-bond acceptors (Lipinski definition) is 4. The van der Waals surface area contributed by atoms with E-state index in [0.29, 0.717) is 0 Å². The number of quaternary nitrogens is 1. The standard InChI is InChI=1S/C10H20N2O4S/c1-11-6-3-9(4-7-11)12(2)17(15,16)8-5-10(13)14/h9H,3-8H2,1-2H3,(H,13,14). The summed E-state index contributed by atoms with van der Waals surface area (Å²) < 4.78 is 25.0. The maximum Gasteiger partial charge on any atom is 0.214 e. The summed E-state index contributed by atoms with van der Waals surface area (Å²) in [6.45, 7) is 1.90. The van der Waals surface area contributed by atoms with Crippen LogP contribution in [0.4, 0.5) is 0 Å². The normalized spacial score (nSPS) is 26.1. The first-order valence-corrected chi connectivity index (χ1v) is 7.40. The number of hydrogen-bond donors (Lipinski definition) is 1. The van der Waals surface area contributed by atoms with Crippen molar-refractivity contribution in [3.63, 3.8) is 0 Å². The Labute approximate surface area is 102 Å². The zero-order chi connectivity index (χ0) is 13.1. The molecule has 0 spiro atoms. The molecule has 0 aromatic heterocycles. The Morgan fingerprint density at radius 1 is 1.41 bits per heavy atom. The maximum atomic E-state index is 11.8. The highest BCUT2D eigenvalue weighted by Gasteiger charge is 2.29. The van der Waals surface area contributed by atoms with Gasteiger partial charge in [0.15, 0.2) is 0 Å². The molecule has 0 aliphatic carbocycles. The molecule has 100 valence electrons. The van der Waals surface area contributed by atoms with Gasteiger partial charge >= 0.3 is 0 Å². The van der Waals surface area contributed by atoms with Gasteiger partial charge in [-0.2, -0.15) is 0 Å². The van der Waals surface area contributed by atoms with Crippen molar-refractivity contribution >= 4 is 16.0 Å². The van der Waals surface area contributed by atoms with E-state index in [2.05, 4.69) is 7.05 Å². The van der Waals surface area contributed by atoms with Crippen LogP contribution in [-0.2, 0) is 14.8 Å². The van der Waals surface area contributed by atoms with Gasteiger partial charge in [-0.3, -0.25) is 0 Å². The molecule has 1 rings (SSSR count). The van der Waals surface area contributed by atoms with E-state index in [1.165, 1.54) is 16.3 Å². The molecule has 0 radical (unpaired) electrons. The van der Waals surface area contributed by atoms with Gasteiger partial charge in [-0.1, -0.05) is 0 Å². The first kappa shape index (κ1) is 14.4. The molecule has 1 N–H and O–H groups in total. The smallest absolute Gasteiger partial charge is 0.214 e. The van der Waals surface area contributed by atoms with Crippen LogP contribution in [0.25, 0.3) is 0 Å². The Morgan fingerprint density at radius 3 is 2.41 bits per heavy atom. The van der Waals surface area contributed by atoms with Crippen molar-refractivity contribution in [2.75, 3.05) is 32.9 Å². The lowest BCUT2D eigenvalue weighted by molar-refractivity contribution is -0.885. The van der Waals surface area contributed by atoms with E-state index in [0.717, 1.165) is 25.9 Å².